The Kier molecular flexibility index (Phi) is 4.97. The molecular weight excluding hydrogens is 208 g/mol. The van der Waals surface area contributed by atoms with Crippen molar-refractivity contribution < 1.29 is 19.4 Å². The van der Waals surface area contributed by atoms with Gasteiger partial charge in [0, 0.05) is 0 Å². The average molecular weight is 230 g/mol. The summed E-state index contributed by atoms with van der Waals surface area (Å²) in [5, 5.41) is 9.35. The van der Waals surface area contributed by atoms with Crippen LogP contribution >= 0.6 is 0 Å². The molecule has 0 aromatic rings. The summed E-state index contributed by atoms with van der Waals surface area (Å²) in [5.74, 6) is -2.37. The van der Waals surface area contributed by atoms with E-state index in [-0.39, 0.29) is 17.9 Å². The number of aliphatic carboxylic acids is 1. The molecule has 0 amide bonds. The number of carboxylic acid groups (broad SMARTS) is 1. The molecule has 4 heteroatoms. The quantitative estimate of drug-likeness (QED) is 0.581. The molecule has 16 heavy (non-hydrogen) atoms. The molecule has 4 nitrogen and oxygen atoms in total. The lowest BCUT2D eigenvalue weighted by molar-refractivity contribution is -0.179. The zero-order valence-electron chi connectivity index (χ0n) is 10.9. The maximum absolute atomic E-state index is 12.0. The van der Waals surface area contributed by atoms with E-state index in [4.69, 9.17) is 4.74 Å². The van der Waals surface area contributed by atoms with Gasteiger partial charge in [0.2, 0.25) is 0 Å². The fraction of sp³-hybridized carbons (Fsp3) is 0.833. The summed E-state index contributed by atoms with van der Waals surface area (Å²) < 4.78 is 5.08. The van der Waals surface area contributed by atoms with Gasteiger partial charge in [-0.05, 0) is 25.7 Å². The van der Waals surface area contributed by atoms with Crippen LogP contribution in [0.2, 0.25) is 0 Å². The zero-order valence-corrected chi connectivity index (χ0v) is 10.9. The largest absolute Gasteiger partial charge is 0.480 e. The van der Waals surface area contributed by atoms with Gasteiger partial charge in [-0.15, -0.1) is 0 Å². The highest BCUT2D eigenvalue weighted by Gasteiger charge is 2.53. The molecule has 0 saturated heterocycles. The van der Waals surface area contributed by atoms with E-state index < -0.39 is 17.4 Å². The number of carbonyl (C=O) groups is 2. The number of carboxylic acids is 1. The van der Waals surface area contributed by atoms with Gasteiger partial charge in [0.05, 0.1) is 6.10 Å². The third-order valence-corrected chi connectivity index (χ3v) is 2.86. The van der Waals surface area contributed by atoms with Gasteiger partial charge in [0.25, 0.3) is 0 Å². The van der Waals surface area contributed by atoms with E-state index in [9.17, 15) is 14.7 Å². The number of carbonyl (C=O) groups excluding carboxylic acids is 1. The van der Waals surface area contributed by atoms with E-state index in [0.29, 0.717) is 0 Å². The first-order valence-electron chi connectivity index (χ1n) is 5.61. The average Bonchev–Trinajstić information content (AvgIpc) is 1.99. The van der Waals surface area contributed by atoms with Gasteiger partial charge in [-0.2, -0.15) is 0 Å². The second-order valence-corrected chi connectivity index (χ2v) is 4.94. The van der Waals surface area contributed by atoms with E-state index in [0.717, 1.165) is 0 Å². The van der Waals surface area contributed by atoms with Crippen molar-refractivity contribution in [3.05, 3.63) is 0 Å². The van der Waals surface area contributed by atoms with Crippen LogP contribution in [-0.2, 0) is 14.3 Å². The Morgan fingerprint density at radius 2 is 1.38 bits per heavy atom. The minimum absolute atomic E-state index is 0.302. The van der Waals surface area contributed by atoms with Crippen molar-refractivity contribution >= 4 is 11.9 Å². The normalized spacial score (nSPS) is 12.3. The molecule has 0 atom stereocenters. The SMILES string of the molecule is CC(C)OC(=O)C(C(=O)O)(C(C)C)C(C)C. The fourth-order valence-corrected chi connectivity index (χ4v) is 2.03. The van der Waals surface area contributed by atoms with E-state index in [1.54, 1.807) is 41.5 Å². The van der Waals surface area contributed by atoms with Crippen molar-refractivity contribution in [2.75, 3.05) is 0 Å². The van der Waals surface area contributed by atoms with Crippen molar-refractivity contribution in [2.24, 2.45) is 17.3 Å². The maximum atomic E-state index is 12.0. The first kappa shape index (κ1) is 14.9. The van der Waals surface area contributed by atoms with Gasteiger partial charge in [-0.3, -0.25) is 9.59 Å². The molecule has 0 aliphatic heterocycles. The molecule has 1 N–H and O–H groups in total. The van der Waals surface area contributed by atoms with Crippen LogP contribution in [0.15, 0.2) is 0 Å². The molecule has 0 aliphatic rings. The summed E-state index contributed by atoms with van der Waals surface area (Å²) in [6.45, 7) is 10.4. The molecule has 0 radical (unpaired) electrons. The standard InChI is InChI=1S/C12H22O4/c1-7(2)12(8(3)4,10(13)14)11(15)16-9(5)6/h7-9H,1-6H3,(H,13,14). The fourth-order valence-electron chi connectivity index (χ4n) is 2.03. The lowest BCUT2D eigenvalue weighted by Gasteiger charge is -2.35. The van der Waals surface area contributed by atoms with Crippen LogP contribution in [0.1, 0.15) is 41.5 Å². The van der Waals surface area contributed by atoms with Crippen LogP contribution in [0.3, 0.4) is 0 Å². The first-order valence-corrected chi connectivity index (χ1v) is 5.61. The summed E-state index contributed by atoms with van der Waals surface area (Å²) in [7, 11) is 0. The van der Waals surface area contributed by atoms with Crippen molar-refractivity contribution in [3.8, 4) is 0 Å². The minimum atomic E-state index is -1.45. The maximum Gasteiger partial charge on any atom is 0.324 e. The van der Waals surface area contributed by atoms with Crippen molar-refractivity contribution in [1.82, 2.24) is 0 Å². The highest BCUT2D eigenvalue weighted by atomic mass is 16.5. The Hall–Kier alpha value is -1.06. The molecular formula is C12H22O4. The summed E-state index contributed by atoms with van der Waals surface area (Å²) >= 11 is 0. The van der Waals surface area contributed by atoms with Gasteiger partial charge in [-0.1, -0.05) is 27.7 Å². The lowest BCUT2D eigenvalue weighted by atomic mass is 9.69. The third kappa shape index (κ3) is 2.54. The summed E-state index contributed by atoms with van der Waals surface area (Å²) in [6, 6.07) is 0. The molecule has 0 aromatic carbocycles. The van der Waals surface area contributed by atoms with E-state index in [1.165, 1.54) is 0 Å². The highest BCUT2D eigenvalue weighted by Crippen LogP contribution is 2.38. The highest BCUT2D eigenvalue weighted by molar-refractivity contribution is 5.99. The van der Waals surface area contributed by atoms with Crippen molar-refractivity contribution in [1.29, 1.82) is 0 Å². The molecule has 0 bridgehead atoms. The zero-order chi connectivity index (χ0) is 13.1. The Bertz CT molecular complexity index is 258. The summed E-state index contributed by atoms with van der Waals surface area (Å²) in [5.41, 5.74) is -1.45. The van der Waals surface area contributed by atoms with Gasteiger partial charge in [0.15, 0.2) is 5.41 Å². The van der Waals surface area contributed by atoms with Crippen LogP contribution in [0.5, 0.6) is 0 Å². The molecule has 0 fully saturated rings. The Labute approximate surface area is 97.0 Å². The smallest absolute Gasteiger partial charge is 0.324 e. The van der Waals surface area contributed by atoms with Crippen LogP contribution in [-0.4, -0.2) is 23.1 Å². The summed E-state index contributed by atoms with van der Waals surface area (Å²) in [4.78, 5) is 23.4. The topological polar surface area (TPSA) is 63.6 Å². The Morgan fingerprint density at radius 3 is 1.56 bits per heavy atom. The predicted octanol–water partition coefficient (Wildman–Crippen LogP) is 2.32. The monoisotopic (exact) mass is 230 g/mol. The second-order valence-electron chi connectivity index (χ2n) is 4.94. The molecule has 0 aromatic heterocycles. The van der Waals surface area contributed by atoms with E-state index in [2.05, 4.69) is 0 Å². The number of ether oxygens (including phenoxy) is 1. The van der Waals surface area contributed by atoms with Gasteiger partial charge >= 0.3 is 11.9 Å². The molecule has 0 spiro atoms. The van der Waals surface area contributed by atoms with Gasteiger partial charge in [0.1, 0.15) is 0 Å². The van der Waals surface area contributed by atoms with Crippen LogP contribution < -0.4 is 0 Å². The number of esters is 1. The second kappa shape index (κ2) is 5.32. The number of rotatable bonds is 5. The summed E-state index contributed by atoms with van der Waals surface area (Å²) in [6.07, 6.45) is -0.302. The first-order chi connectivity index (χ1) is 7.17. The molecule has 0 aliphatic carbocycles. The number of hydrogen-bond donors (Lipinski definition) is 1. The van der Waals surface area contributed by atoms with Crippen LogP contribution in [0.4, 0.5) is 0 Å². The molecule has 0 rings (SSSR count). The molecule has 0 heterocycles. The van der Waals surface area contributed by atoms with Crippen molar-refractivity contribution in [2.45, 2.75) is 47.6 Å². The van der Waals surface area contributed by atoms with Gasteiger partial charge in [-0.25, -0.2) is 0 Å². The predicted molar refractivity (Wildman–Crippen MR) is 61.0 cm³/mol. The van der Waals surface area contributed by atoms with Crippen molar-refractivity contribution in [3.63, 3.8) is 0 Å². The molecule has 0 saturated carbocycles. The van der Waals surface area contributed by atoms with Crippen LogP contribution in [0, 0.1) is 17.3 Å². The molecule has 94 valence electrons. The Morgan fingerprint density at radius 1 is 1.00 bits per heavy atom. The third-order valence-electron chi connectivity index (χ3n) is 2.86. The van der Waals surface area contributed by atoms with E-state index >= 15 is 0 Å². The van der Waals surface area contributed by atoms with Gasteiger partial charge < -0.3 is 9.84 Å². The van der Waals surface area contributed by atoms with E-state index in [1.807, 2.05) is 0 Å². The minimum Gasteiger partial charge on any atom is -0.480 e. The molecule has 0 unspecified atom stereocenters. The number of hydrogen-bond acceptors (Lipinski definition) is 3. The van der Waals surface area contributed by atoms with Crippen LogP contribution in [0.25, 0.3) is 0 Å². The Balaban J connectivity index is 5.36. The lowest BCUT2D eigenvalue weighted by Crippen LogP contribution is -2.49.